The molecule has 0 spiro atoms. The molecule has 0 aromatic heterocycles. The van der Waals surface area contributed by atoms with E-state index in [1.807, 2.05) is 13.0 Å². The summed E-state index contributed by atoms with van der Waals surface area (Å²) in [5.41, 5.74) is 8.72. The number of nitrogens with one attached hydrogen (secondary N) is 1. The standard InChI is InChI=1S/C15H14BrFN2O/c1-8-4-3-5-10(14(8)18)15(20)19-13-7-12(17)11(16)6-9(13)2/h3-7H,18H2,1-2H3,(H,19,20). The summed E-state index contributed by atoms with van der Waals surface area (Å²) in [4.78, 5) is 12.2. The third kappa shape index (κ3) is 2.82. The van der Waals surface area contributed by atoms with Crippen molar-refractivity contribution in [3.8, 4) is 0 Å². The molecule has 104 valence electrons. The van der Waals surface area contributed by atoms with Crippen molar-refractivity contribution in [1.29, 1.82) is 0 Å². The quantitative estimate of drug-likeness (QED) is 0.813. The number of amides is 1. The maximum atomic E-state index is 13.5. The molecular formula is C15H14BrFN2O. The van der Waals surface area contributed by atoms with Gasteiger partial charge in [0.15, 0.2) is 0 Å². The zero-order valence-corrected chi connectivity index (χ0v) is 12.7. The lowest BCUT2D eigenvalue weighted by molar-refractivity contribution is 0.102. The van der Waals surface area contributed by atoms with Crippen LogP contribution in [0.5, 0.6) is 0 Å². The van der Waals surface area contributed by atoms with Crippen LogP contribution in [-0.2, 0) is 0 Å². The number of para-hydroxylation sites is 1. The Bertz CT molecular complexity index is 686. The van der Waals surface area contributed by atoms with Crippen molar-refractivity contribution in [2.45, 2.75) is 13.8 Å². The molecule has 3 nitrogen and oxygen atoms in total. The van der Waals surface area contributed by atoms with Gasteiger partial charge in [-0.3, -0.25) is 4.79 Å². The van der Waals surface area contributed by atoms with Crippen LogP contribution in [0, 0.1) is 19.7 Å². The normalized spacial score (nSPS) is 10.4. The third-order valence-electron chi connectivity index (χ3n) is 3.08. The Labute approximate surface area is 125 Å². The van der Waals surface area contributed by atoms with Gasteiger partial charge in [0, 0.05) is 11.4 Å². The van der Waals surface area contributed by atoms with E-state index in [0.717, 1.165) is 11.1 Å². The first-order valence-electron chi connectivity index (χ1n) is 6.02. The first-order chi connectivity index (χ1) is 9.40. The Morgan fingerprint density at radius 1 is 1.25 bits per heavy atom. The number of nitrogen functional groups attached to an aromatic ring is 1. The molecule has 5 heteroatoms. The summed E-state index contributed by atoms with van der Waals surface area (Å²) in [6.07, 6.45) is 0. The average molecular weight is 337 g/mol. The molecule has 0 heterocycles. The molecular weight excluding hydrogens is 323 g/mol. The van der Waals surface area contributed by atoms with Gasteiger partial charge in [0.05, 0.1) is 10.0 Å². The first kappa shape index (κ1) is 14.5. The highest BCUT2D eigenvalue weighted by molar-refractivity contribution is 9.10. The van der Waals surface area contributed by atoms with Crippen molar-refractivity contribution in [2.24, 2.45) is 0 Å². The maximum Gasteiger partial charge on any atom is 0.257 e. The number of nitrogens with two attached hydrogens (primary N) is 1. The minimum Gasteiger partial charge on any atom is -0.398 e. The van der Waals surface area contributed by atoms with Crippen molar-refractivity contribution >= 4 is 33.2 Å². The predicted octanol–water partition coefficient (Wildman–Crippen LogP) is 4.04. The van der Waals surface area contributed by atoms with Crippen molar-refractivity contribution < 1.29 is 9.18 Å². The second-order valence-electron chi connectivity index (χ2n) is 4.57. The molecule has 2 aromatic rings. The Kier molecular flexibility index (Phi) is 4.09. The number of hydrogen-bond donors (Lipinski definition) is 2. The molecule has 0 aliphatic heterocycles. The molecule has 0 fully saturated rings. The van der Waals surface area contributed by atoms with Gasteiger partial charge < -0.3 is 11.1 Å². The summed E-state index contributed by atoms with van der Waals surface area (Å²) in [6.45, 7) is 3.62. The molecule has 0 saturated carbocycles. The highest BCUT2D eigenvalue weighted by atomic mass is 79.9. The first-order valence-corrected chi connectivity index (χ1v) is 6.81. The minimum atomic E-state index is -0.428. The minimum absolute atomic E-state index is 0.351. The van der Waals surface area contributed by atoms with Crippen LogP contribution in [0.25, 0.3) is 0 Å². The largest absolute Gasteiger partial charge is 0.398 e. The molecule has 2 aromatic carbocycles. The van der Waals surface area contributed by atoms with Crippen LogP contribution in [0.3, 0.4) is 0 Å². The fourth-order valence-electron chi connectivity index (χ4n) is 1.85. The Balaban J connectivity index is 2.33. The van der Waals surface area contributed by atoms with Gasteiger partial charge in [-0.25, -0.2) is 4.39 Å². The van der Waals surface area contributed by atoms with E-state index in [4.69, 9.17) is 5.73 Å². The van der Waals surface area contributed by atoms with Crippen LogP contribution in [-0.4, -0.2) is 5.91 Å². The number of benzene rings is 2. The average Bonchev–Trinajstić information content (AvgIpc) is 2.39. The number of aryl methyl sites for hydroxylation is 2. The third-order valence-corrected chi connectivity index (χ3v) is 3.69. The van der Waals surface area contributed by atoms with Gasteiger partial charge in [0.1, 0.15) is 5.82 Å². The lowest BCUT2D eigenvalue weighted by atomic mass is 10.1. The molecule has 0 aliphatic carbocycles. The molecule has 0 bridgehead atoms. The second kappa shape index (κ2) is 5.63. The van der Waals surface area contributed by atoms with Crippen LogP contribution in [0.2, 0.25) is 0 Å². The van der Waals surface area contributed by atoms with Crippen molar-refractivity contribution in [3.05, 3.63) is 57.3 Å². The molecule has 0 radical (unpaired) electrons. The van der Waals surface area contributed by atoms with E-state index in [1.54, 1.807) is 25.1 Å². The van der Waals surface area contributed by atoms with Crippen LogP contribution >= 0.6 is 15.9 Å². The lowest BCUT2D eigenvalue weighted by Gasteiger charge is -2.12. The van der Waals surface area contributed by atoms with Gasteiger partial charge in [-0.05, 0) is 59.1 Å². The van der Waals surface area contributed by atoms with E-state index < -0.39 is 5.82 Å². The van der Waals surface area contributed by atoms with Crippen LogP contribution in [0.1, 0.15) is 21.5 Å². The van der Waals surface area contributed by atoms with Gasteiger partial charge in [0.25, 0.3) is 5.91 Å². The van der Waals surface area contributed by atoms with Crippen LogP contribution in [0.15, 0.2) is 34.8 Å². The Morgan fingerprint density at radius 3 is 2.65 bits per heavy atom. The zero-order chi connectivity index (χ0) is 14.9. The van der Waals surface area contributed by atoms with Gasteiger partial charge in [0.2, 0.25) is 0 Å². The van der Waals surface area contributed by atoms with Crippen molar-refractivity contribution in [2.75, 3.05) is 11.1 Å². The smallest absolute Gasteiger partial charge is 0.257 e. The maximum absolute atomic E-state index is 13.5. The van der Waals surface area contributed by atoms with E-state index >= 15 is 0 Å². The molecule has 0 aliphatic rings. The fourth-order valence-corrected chi connectivity index (χ4v) is 2.31. The number of halogens is 2. The van der Waals surface area contributed by atoms with Gasteiger partial charge in [-0.1, -0.05) is 12.1 Å². The summed E-state index contributed by atoms with van der Waals surface area (Å²) in [5.74, 6) is -0.779. The molecule has 2 rings (SSSR count). The summed E-state index contributed by atoms with van der Waals surface area (Å²) in [5, 5.41) is 2.68. The van der Waals surface area contributed by atoms with E-state index in [-0.39, 0.29) is 5.91 Å². The molecule has 3 N–H and O–H groups in total. The second-order valence-corrected chi connectivity index (χ2v) is 5.43. The number of rotatable bonds is 2. The molecule has 0 atom stereocenters. The van der Waals surface area contributed by atoms with E-state index in [0.29, 0.717) is 21.4 Å². The van der Waals surface area contributed by atoms with E-state index in [9.17, 15) is 9.18 Å². The van der Waals surface area contributed by atoms with Crippen molar-refractivity contribution in [3.63, 3.8) is 0 Å². The SMILES string of the molecule is Cc1cc(Br)c(F)cc1NC(=O)c1cccc(C)c1N. The highest BCUT2D eigenvalue weighted by Crippen LogP contribution is 2.25. The fraction of sp³-hybridized carbons (Fsp3) is 0.133. The summed E-state index contributed by atoms with van der Waals surface area (Å²) in [7, 11) is 0. The number of carbonyl (C=O) groups excluding carboxylic acids is 1. The number of carbonyl (C=O) groups is 1. The molecule has 20 heavy (non-hydrogen) atoms. The monoisotopic (exact) mass is 336 g/mol. The summed E-state index contributed by atoms with van der Waals surface area (Å²) in [6, 6.07) is 8.13. The summed E-state index contributed by atoms with van der Waals surface area (Å²) < 4.78 is 13.9. The Hall–Kier alpha value is -1.88. The van der Waals surface area contributed by atoms with Gasteiger partial charge in [-0.15, -0.1) is 0 Å². The van der Waals surface area contributed by atoms with E-state index in [2.05, 4.69) is 21.2 Å². The zero-order valence-electron chi connectivity index (χ0n) is 11.1. The van der Waals surface area contributed by atoms with E-state index in [1.165, 1.54) is 6.07 Å². The topological polar surface area (TPSA) is 55.1 Å². The Morgan fingerprint density at radius 2 is 1.95 bits per heavy atom. The molecule has 1 amide bonds. The lowest BCUT2D eigenvalue weighted by Crippen LogP contribution is -2.15. The van der Waals surface area contributed by atoms with Gasteiger partial charge >= 0.3 is 0 Å². The predicted molar refractivity (Wildman–Crippen MR) is 82.4 cm³/mol. The summed E-state index contributed by atoms with van der Waals surface area (Å²) >= 11 is 3.10. The van der Waals surface area contributed by atoms with Gasteiger partial charge in [-0.2, -0.15) is 0 Å². The highest BCUT2D eigenvalue weighted by Gasteiger charge is 2.13. The van der Waals surface area contributed by atoms with Crippen molar-refractivity contribution in [1.82, 2.24) is 0 Å². The number of hydrogen-bond acceptors (Lipinski definition) is 2. The van der Waals surface area contributed by atoms with Crippen LogP contribution in [0.4, 0.5) is 15.8 Å². The number of anilines is 2. The molecule has 0 unspecified atom stereocenters. The molecule has 0 saturated heterocycles. The van der Waals surface area contributed by atoms with Crippen LogP contribution < -0.4 is 11.1 Å².